The fourth-order valence-electron chi connectivity index (χ4n) is 2.45. The van der Waals surface area contributed by atoms with Crippen molar-refractivity contribution in [2.75, 3.05) is 6.54 Å². The third-order valence-electron chi connectivity index (χ3n) is 3.59. The lowest BCUT2D eigenvalue weighted by Crippen LogP contribution is -2.24. The molecule has 0 radical (unpaired) electrons. The summed E-state index contributed by atoms with van der Waals surface area (Å²) in [6.45, 7) is 7.00. The maximum atomic E-state index is 14.3. The molecule has 0 bridgehead atoms. The first-order valence-corrected chi connectivity index (χ1v) is 8.08. The van der Waals surface area contributed by atoms with Crippen molar-refractivity contribution in [2.45, 2.75) is 33.2 Å². The molecule has 1 unspecified atom stereocenters. The summed E-state index contributed by atoms with van der Waals surface area (Å²) < 4.78 is 15.4. The van der Waals surface area contributed by atoms with Crippen molar-refractivity contribution in [2.24, 2.45) is 0 Å². The minimum Gasteiger partial charge on any atom is -0.306 e. The highest BCUT2D eigenvalue weighted by Crippen LogP contribution is 2.32. The number of hydrogen-bond donors (Lipinski definition) is 1. The van der Waals surface area contributed by atoms with Crippen LogP contribution in [0.25, 0.3) is 0 Å². The van der Waals surface area contributed by atoms with Gasteiger partial charge in [0.25, 0.3) is 0 Å². The van der Waals surface area contributed by atoms with Crippen LogP contribution >= 0.6 is 15.9 Å². The Balaban J connectivity index is 2.52. The van der Waals surface area contributed by atoms with Crippen LogP contribution in [0.5, 0.6) is 0 Å². The molecule has 0 aromatic heterocycles. The normalized spacial score (nSPS) is 12.4. The molecule has 1 atom stereocenters. The highest BCUT2D eigenvalue weighted by molar-refractivity contribution is 9.10. The van der Waals surface area contributed by atoms with E-state index in [1.807, 2.05) is 25.1 Å². The van der Waals surface area contributed by atoms with Crippen molar-refractivity contribution in [3.8, 4) is 0 Å². The largest absolute Gasteiger partial charge is 0.306 e. The maximum absolute atomic E-state index is 14.3. The van der Waals surface area contributed by atoms with E-state index in [1.54, 1.807) is 12.1 Å². The molecular formula is C18H21BrFN. The SMILES string of the molecule is CCCNC(c1cc(C)ccc1F)c1cccc(C)c1Br. The van der Waals surface area contributed by atoms with Crippen LogP contribution in [0.3, 0.4) is 0 Å². The second-order valence-electron chi connectivity index (χ2n) is 5.39. The summed E-state index contributed by atoms with van der Waals surface area (Å²) >= 11 is 3.65. The lowest BCUT2D eigenvalue weighted by Gasteiger charge is -2.22. The first-order chi connectivity index (χ1) is 10.0. The molecule has 0 fully saturated rings. The molecule has 112 valence electrons. The summed E-state index contributed by atoms with van der Waals surface area (Å²) in [5.74, 6) is -0.164. The number of rotatable bonds is 5. The smallest absolute Gasteiger partial charge is 0.128 e. The third kappa shape index (κ3) is 3.72. The zero-order valence-corrected chi connectivity index (χ0v) is 14.3. The summed E-state index contributed by atoms with van der Waals surface area (Å²) in [7, 11) is 0. The van der Waals surface area contributed by atoms with Crippen LogP contribution in [-0.2, 0) is 0 Å². The van der Waals surface area contributed by atoms with E-state index in [2.05, 4.69) is 41.2 Å². The van der Waals surface area contributed by atoms with Gasteiger partial charge in [0.2, 0.25) is 0 Å². The Hall–Kier alpha value is -1.19. The second kappa shape index (κ2) is 7.19. The van der Waals surface area contributed by atoms with Gasteiger partial charge in [-0.25, -0.2) is 4.39 Å². The molecule has 0 spiro atoms. The van der Waals surface area contributed by atoms with Crippen molar-refractivity contribution in [1.82, 2.24) is 5.32 Å². The lowest BCUT2D eigenvalue weighted by molar-refractivity contribution is 0.545. The standard InChI is InChI=1S/C18H21BrFN/c1-4-10-21-18(14-7-5-6-13(3)17(14)19)15-11-12(2)8-9-16(15)20/h5-9,11,18,21H,4,10H2,1-3H3. The topological polar surface area (TPSA) is 12.0 Å². The van der Waals surface area contributed by atoms with E-state index in [0.717, 1.165) is 34.1 Å². The van der Waals surface area contributed by atoms with E-state index in [4.69, 9.17) is 0 Å². The zero-order chi connectivity index (χ0) is 15.4. The second-order valence-corrected chi connectivity index (χ2v) is 6.18. The Kier molecular flexibility index (Phi) is 5.54. The number of aryl methyl sites for hydroxylation is 2. The van der Waals surface area contributed by atoms with E-state index in [9.17, 15) is 4.39 Å². The van der Waals surface area contributed by atoms with Crippen molar-refractivity contribution >= 4 is 15.9 Å². The van der Waals surface area contributed by atoms with Gasteiger partial charge in [-0.15, -0.1) is 0 Å². The van der Waals surface area contributed by atoms with E-state index in [-0.39, 0.29) is 11.9 Å². The Morgan fingerprint density at radius 3 is 2.62 bits per heavy atom. The van der Waals surface area contributed by atoms with Gasteiger partial charge in [0, 0.05) is 10.0 Å². The van der Waals surface area contributed by atoms with Gasteiger partial charge in [0.15, 0.2) is 0 Å². The summed E-state index contributed by atoms with van der Waals surface area (Å²) in [5, 5.41) is 3.47. The molecule has 2 rings (SSSR count). The average molecular weight is 350 g/mol. The van der Waals surface area contributed by atoms with Crippen LogP contribution in [0.2, 0.25) is 0 Å². The molecule has 0 amide bonds. The number of nitrogens with one attached hydrogen (secondary N) is 1. The van der Waals surface area contributed by atoms with Crippen molar-refractivity contribution < 1.29 is 4.39 Å². The van der Waals surface area contributed by atoms with Gasteiger partial charge in [-0.3, -0.25) is 0 Å². The first-order valence-electron chi connectivity index (χ1n) is 7.29. The molecule has 0 saturated heterocycles. The molecule has 1 N–H and O–H groups in total. The summed E-state index contributed by atoms with van der Waals surface area (Å²) in [6, 6.07) is 11.3. The average Bonchev–Trinajstić information content (AvgIpc) is 2.47. The minimum absolute atomic E-state index is 0.140. The highest BCUT2D eigenvalue weighted by atomic mass is 79.9. The van der Waals surface area contributed by atoms with Crippen LogP contribution in [0.1, 0.15) is 41.6 Å². The van der Waals surface area contributed by atoms with E-state index in [0.29, 0.717) is 5.56 Å². The predicted molar refractivity (Wildman–Crippen MR) is 90.2 cm³/mol. The summed E-state index contributed by atoms with van der Waals surface area (Å²) in [4.78, 5) is 0. The zero-order valence-electron chi connectivity index (χ0n) is 12.7. The van der Waals surface area contributed by atoms with Crippen LogP contribution in [0.4, 0.5) is 4.39 Å². The number of hydrogen-bond acceptors (Lipinski definition) is 1. The number of benzene rings is 2. The van der Waals surface area contributed by atoms with Crippen LogP contribution in [0.15, 0.2) is 40.9 Å². The lowest BCUT2D eigenvalue weighted by atomic mass is 9.95. The van der Waals surface area contributed by atoms with E-state index < -0.39 is 0 Å². The Bertz CT molecular complexity index is 623. The Morgan fingerprint density at radius 1 is 1.14 bits per heavy atom. The van der Waals surface area contributed by atoms with Gasteiger partial charge in [-0.05, 0) is 44.0 Å². The van der Waals surface area contributed by atoms with Crippen molar-refractivity contribution in [1.29, 1.82) is 0 Å². The predicted octanol–water partition coefficient (Wildman–Crippen LogP) is 5.29. The van der Waals surface area contributed by atoms with Gasteiger partial charge in [0.1, 0.15) is 5.82 Å². The monoisotopic (exact) mass is 349 g/mol. The molecule has 0 saturated carbocycles. The van der Waals surface area contributed by atoms with Crippen LogP contribution < -0.4 is 5.32 Å². The molecular weight excluding hydrogens is 329 g/mol. The third-order valence-corrected chi connectivity index (χ3v) is 4.68. The molecule has 21 heavy (non-hydrogen) atoms. The van der Waals surface area contributed by atoms with Gasteiger partial charge < -0.3 is 5.32 Å². The fraction of sp³-hybridized carbons (Fsp3) is 0.333. The molecule has 0 aliphatic carbocycles. The molecule has 2 aromatic rings. The highest BCUT2D eigenvalue weighted by Gasteiger charge is 2.20. The first kappa shape index (κ1) is 16.2. The fourth-order valence-corrected chi connectivity index (χ4v) is 2.95. The number of halogens is 2. The van der Waals surface area contributed by atoms with Crippen molar-refractivity contribution in [3.05, 3.63) is 68.9 Å². The van der Waals surface area contributed by atoms with Gasteiger partial charge in [-0.1, -0.05) is 58.7 Å². The van der Waals surface area contributed by atoms with E-state index in [1.165, 1.54) is 0 Å². The van der Waals surface area contributed by atoms with Crippen molar-refractivity contribution in [3.63, 3.8) is 0 Å². The Morgan fingerprint density at radius 2 is 1.90 bits per heavy atom. The Labute approximate surface area is 134 Å². The molecule has 2 aromatic carbocycles. The van der Waals surface area contributed by atoms with Gasteiger partial charge in [0.05, 0.1) is 6.04 Å². The molecule has 3 heteroatoms. The molecule has 1 nitrogen and oxygen atoms in total. The molecule has 0 heterocycles. The molecule has 0 aliphatic rings. The van der Waals surface area contributed by atoms with Gasteiger partial charge in [-0.2, -0.15) is 0 Å². The van der Waals surface area contributed by atoms with Crippen LogP contribution in [0, 0.1) is 19.7 Å². The minimum atomic E-state index is -0.164. The summed E-state index contributed by atoms with van der Waals surface area (Å²) in [6.07, 6.45) is 1.01. The molecule has 0 aliphatic heterocycles. The maximum Gasteiger partial charge on any atom is 0.128 e. The van der Waals surface area contributed by atoms with E-state index >= 15 is 0 Å². The van der Waals surface area contributed by atoms with Gasteiger partial charge >= 0.3 is 0 Å². The quantitative estimate of drug-likeness (QED) is 0.772. The van der Waals surface area contributed by atoms with Crippen LogP contribution in [-0.4, -0.2) is 6.54 Å². The summed E-state index contributed by atoms with van der Waals surface area (Å²) in [5.41, 5.74) is 4.00.